The van der Waals surface area contributed by atoms with Gasteiger partial charge in [-0.2, -0.15) is 0 Å². The van der Waals surface area contributed by atoms with E-state index in [1.54, 1.807) is 18.2 Å². The Balaban J connectivity index is 1.78. The number of amides is 2. The number of rotatable bonds is 5. The molecule has 2 amide bonds. The van der Waals surface area contributed by atoms with E-state index in [0.29, 0.717) is 20.6 Å². The van der Waals surface area contributed by atoms with Gasteiger partial charge in [0, 0.05) is 20.6 Å². The Morgan fingerprint density at radius 1 is 0.839 bits per heavy atom. The van der Waals surface area contributed by atoms with Crippen LogP contribution in [-0.2, 0) is 9.59 Å². The lowest BCUT2D eigenvalue weighted by Crippen LogP contribution is -2.32. The van der Waals surface area contributed by atoms with Gasteiger partial charge in [-0.15, -0.1) is 0 Å². The summed E-state index contributed by atoms with van der Waals surface area (Å²) < 4.78 is 0. The third-order valence-electron chi connectivity index (χ3n) is 4.75. The number of anilines is 2. The van der Waals surface area contributed by atoms with Gasteiger partial charge in [0.1, 0.15) is 10.6 Å². The summed E-state index contributed by atoms with van der Waals surface area (Å²) in [7, 11) is 0. The molecule has 7 heteroatoms. The number of carbonyl (C=O) groups excluding carboxylic acids is 2. The number of hydrogen-bond donors (Lipinski definition) is 1. The van der Waals surface area contributed by atoms with Crippen LogP contribution < -0.4 is 10.2 Å². The Bertz CT molecular complexity index is 1210. The summed E-state index contributed by atoms with van der Waals surface area (Å²) in [6, 6.07) is 20.0. The van der Waals surface area contributed by atoms with Crippen molar-refractivity contribution in [2.75, 3.05) is 10.2 Å². The number of halogens is 2. The smallest absolute Gasteiger partial charge is 0.283 e. The van der Waals surface area contributed by atoms with Crippen LogP contribution in [0.2, 0.25) is 10.0 Å². The topological polar surface area (TPSA) is 49.4 Å². The molecule has 4 nitrogen and oxygen atoms in total. The van der Waals surface area contributed by atoms with Crippen LogP contribution in [0.25, 0.3) is 0 Å². The molecule has 0 aliphatic carbocycles. The van der Waals surface area contributed by atoms with Crippen LogP contribution in [0.3, 0.4) is 0 Å². The average molecular weight is 469 g/mol. The summed E-state index contributed by atoms with van der Waals surface area (Å²) in [6.45, 7) is 3.96. The Morgan fingerprint density at radius 3 is 2.16 bits per heavy atom. The van der Waals surface area contributed by atoms with Crippen LogP contribution in [0.5, 0.6) is 0 Å². The Morgan fingerprint density at radius 2 is 1.52 bits per heavy atom. The van der Waals surface area contributed by atoms with Crippen molar-refractivity contribution < 1.29 is 9.59 Å². The Hall–Kier alpha value is -2.73. The zero-order valence-corrected chi connectivity index (χ0v) is 19.1. The Labute approximate surface area is 194 Å². The largest absolute Gasteiger partial charge is 0.350 e. The molecular formula is C24H18Cl2N2O2S. The molecule has 4 rings (SSSR count). The van der Waals surface area contributed by atoms with E-state index in [9.17, 15) is 9.59 Å². The van der Waals surface area contributed by atoms with Gasteiger partial charge in [0.2, 0.25) is 0 Å². The lowest BCUT2D eigenvalue weighted by atomic mass is 10.1. The fraction of sp³-hybridized carbons (Fsp3) is 0.0833. The molecule has 1 heterocycles. The minimum absolute atomic E-state index is 0.224. The summed E-state index contributed by atoms with van der Waals surface area (Å²) in [5.74, 6) is -0.883. The zero-order chi connectivity index (χ0) is 22.1. The molecule has 0 atom stereocenters. The van der Waals surface area contributed by atoms with Gasteiger partial charge in [-0.25, -0.2) is 4.90 Å². The molecular weight excluding hydrogens is 451 g/mol. The van der Waals surface area contributed by atoms with Crippen LogP contribution in [0.15, 0.2) is 82.2 Å². The van der Waals surface area contributed by atoms with Gasteiger partial charge < -0.3 is 5.32 Å². The van der Waals surface area contributed by atoms with Crippen LogP contribution in [0.1, 0.15) is 11.1 Å². The maximum Gasteiger partial charge on any atom is 0.283 e. The minimum Gasteiger partial charge on any atom is -0.350 e. The van der Waals surface area contributed by atoms with Crippen molar-refractivity contribution in [3.05, 3.63) is 98.5 Å². The van der Waals surface area contributed by atoms with Gasteiger partial charge in [-0.05, 0) is 55.8 Å². The van der Waals surface area contributed by atoms with Gasteiger partial charge >= 0.3 is 0 Å². The second-order valence-corrected chi connectivity index (χ2v) is 9.09. The van der Waals surface area contributed by atoms with Crippen LogP contribution in [0, 0.1) is 13.8 Å². The lowest BCUT2D eigenvalue weighted by Gasteiger charge is -2.16. The Kier molecular flexibility index (Phi) is 6.10. The van der Waals surface area contributed by atoms with Crippen LogP contribution in [0.4, 0.5) is 11.4 Å². The maximum absolute atomic E-state index is 13.4. The standard InChI is InChI=1S/C24H18Cl2N2O2S/c1-14-8-9-20(15(2)10-14)27-21-22(31-19-6-4-3-5-7-19)24(30)28(23(21)29)18-12-16(25)11-17(26)13-18/h3-13,27H,1-2H3. The van der Waals surface area contributed by atoms with Crippen molar-refractivity contribution in [1.82, 2.24) is 0 Å². The fourth-order valence-corrected chi connectivity index (χ4v) is 4.77. The molecule has 1 aliphatic heterocycles. The van der Waals surface area contributed by atoms with Crippen molar-refractivity contribution >= 4 is 58.2 Å². The number of benzene rings is 3. The summed E-state index contributed by atoms with van der Waals surface area (Å²) in [5, 5.41) is 3.88. The summed E-state index contributed by atoms with van der Waals surface area (Å²) in [6.07, 6.45) is 0. The van der Waals surface area contributed by atoms with Gasteiger partial charge in [-0.3, -0.25) is 9.59 Å². The van der Waals surface area contributed by atoms with Crippen LogP contribution in [-0.4, -0.2) is 11.8 Å². The molecule has 156 valence electrons. The van der Waals surface area contributed by atoms with Gasteiger partial charge in [0.15, 0.2) is 0 Å². The highest BCUT2D eigenvalue weighted by Crippen LogP contribution is 2.39. The predicted octanol–water partition coefficient (Wildman–Crippen LogP) is 6.60. The van der Waals surface area contributed by atoms with E-state index < -0.39 is 11.8 Å². The number of carbonyl (C=O) groups is 2. The molecule has 3 aromatic rings. The third kappa shape index (κ3) is 4.49. The van der Waals surface area contributed by atoms with Gasteiger partial charge in [0.05, 0.1) is 5.69 Å². The van der Waals surface area contributed by atoms with Crippen molar-refractivity contribution in [3.63, 3.8) is 0 Å². The normalized spacial score (nSPS) is 13.9. The summed E-state index contributed by atoms with van der Waals surface area (Å²) in [5.41, 5.74) is 3.40. The van der Waals surface area contributed by atoms with E-state index in [2.05, 4.69) is 5.32 Å². The molecule has 0 radical (unpaired) electrons. The number of thioether (sulfide) groups is 1. The number of imide groups is 1. The van der Waals surface area contributed by atoms with E-state index in [0.717, 1.165) is 26.6 Å². The van der Waals surface area contributed by atoms with E-state index in [4.69, 9.17) is 23.2 Å². The van der Waals surface area contributed by atoms with E-state index in [-0.39, 0.29) is 5.70 Å². The second-order valence-electron chi connectivity index (χ2n) is 7.14. The molecule has 0 bridgehead atoms. The first-order valence-electron chi connectivity index (χ1n) is 9.50. The van der Waals surface area contributed by atoms with E-state index >= 15 is 0 Å². The van der Waals surface area contributed by atoms with Crippen molar-refractivity contribution in [2.24, 2.45) is 0 Å². The first-order valence-corrected chi connectivity index (χ1v) is 11.1. The number of aryl methyl sites for hydroxylation is 2. The first kappa shape index (κ1) is 21.5. The fourth-order valence-electron chi connectivity index (χ4n) is 3.31. The molecule has 0 unspecified atom stereocenters. The monoisotopic (exact) mass is 468 g/mol. The number of nitrogens with one attached hydrogen (secondary N) is 1. The molecule has 0 fully saturated rings. The molecule has 1 aliphatic rings. The average Bonchev–Trinajstić information content (AvgIpc) is 2.94. The van der Waals surface area contributed by atoms with Crippen molar-refractivity contribution in [3.8, 4) is 0 Å². The SMILES string of the molecule is Cc1ccc(NC2=C(Sc3ccccc3)C(=O)N(c3cc(Cl)cc(Cl)c3)C2=O)c(C)c1. The molecule has 0 aromatic heterocycles. The van der Waals surface area contributed by atoms with E-state index in [1.165, 1.54) is 11.8 Å². The third-order valence-corrected chi connectivity index (χ3v) is 6.28. The van der Waals surface area contributed by atoms with Crippen molar-refractivity contribution in [2.45, 2.75) is 18.7 Å². The maximum atomic E-state index is 13.4. The number of hydrogen-bond acceptors (Lipinski definition) is 4. The highest BCUT2D eigenvalue weighted by Gasteiger charge is 2.40. The number of nitrogens with zero attached hydrogens (tertiary/aromatic N) is 1. The molecule has 0 spiro atoms. The second kappa shape index (κ2) is 8.79. The zero-order valence-electron chi connectivity index (χ0n) is 16.8. The lowest BCUT2D eigenvalue weighted by molar-refractivity contribution is -0.120. The highest BCUT2D eigenvalue weighted by molar-refractivity contribution is 8.04. The molecule has 0 saturated carbocycles. The summed E-state index contributed by atoms with van der Waals surface area (Å²) >= 11 is 13.5. The van der Waals surface area contributed by atoms with Gasteiger partial charge in [-0.1, -0.05) is 70.9 Å². The molecule has 31 heavy (non-hydrogen) atoms. The predicted molar refractivity (Wildman–Crippen MR) is 128 cm³/mol. The van der Waals surface area contributed by atoms with E-state index in [1.807, 2.05) is 62.4 Å². The highest BCUT2D eigenvalue weighted by atomic mass is 35.5. The summed E-state index contributed by atoms with van der Waals surface area (Å²) in [4.78, 5) is 29.1. The molecule has 3 aromatic carbocycles. The van der Waals surface area contributed by atoms with Gasteiger partial charge in [0.25, 0.3) is 11.8 Å². The first-order chi connectivity index (χ1) is 14.8. The van der Waals surface area contributed by atoms with Crippen molar-refractivity contribution in [1.29, 1.82) is 0 Å². The minimum atomic E-state index is -0.457. The van der Waals surface area contributed by atoms with Crippen LogP contribution >= 0.6 is 35.0 Å². The molecule has 1 N–H and O–H groups in total. The quantitative estimate of drug-likeness (QED) is 0.428. The molecule has 0 saturated heterocycles.